The van der Waals surface area contributed by atoms with Gasteiger partial charge in [0.1, 0.15) is 11.5 Å². The Balaban J connectivity index is 1.12. The largest absolute Gasteiger partial charge is 0.453 e. The molecule has 0 aliphatic carbocycles. The van der Waals surface area contributed by atoms with Crippen LogP contribution in [0.3, 0.4) is 0 Å². The smallest absolute Gasteiger partial charge is 0.172 e. The normalized spacial score (nSPS) is 11.8. The molecule has 0 spiro atoms. The van der Waals surface area contributed by atoms with Gasteiger partial charge >= 0.3 is 0 Å². The molecule has 240 valence electrons. The van der Waals surface area contributed by atoms with Crippen molar-refractivity contribution in [1.82, 2.24) is 0 Å². The van der Waals surface area contributed by atoms with Crippen LogP contribution < -0.4 is 14.4 Å². The van der Waals surface area contributed by atoms with E-state index in [0.717, 1.165) is 44.9 Å². The third kappa shape index (κ3) is 5.06. The van der Waals surface area contributed by atoms with Gasteiger partial charge in [0.25, 0.3) is 0 Å². The maximum atomic E-state index is 6.64. The van der Waals surface area contributed by atoms with Crippen LogP contribution in [-0.2, 0) is 0 Å². The van der Waals surface area contributed by atoms with Gasteiger partial charge in [0.05, 0.1) is 11.1 Å². The molecule has 9 aromatic carbocycles. The van der Waals surface area contributed by atoms with E-state index in [4.69, 9.17) is 9.47 Å². The first-order valence-corrected chi connectivity index (χ1v) is 17.2. The van der Waals surface area contributed by atoms with Crippen LogP contribution in [0.25, 0.3) is 54.6 Å². The van der Waals surface area contributed by atoms with Crippen LogP contribution in [0.4, 0.5) is 17.1 Å². The number of fused-ring (bicyclic) bond motifs is 3. The fourth-order valence-corrected chi connectivity index (χ4v) is 7.48. The maximum Gasteiger partial charge on any atom is 0.172 e. The van der Waals surface area contributed by atoms with Gasteiger partial charge in [-0.15, -0.1) is 0 Å². The molecule has 9 aromatic rings. The highest BCUT2D eigenvalue weighted by Crippen LogP contribution is 2.48. The lowest BCUT2D eigenvalue weighted by molar-refractivity contribution is 0.439. The Kier molecular flexibility index (Phi) is 6.81. The summed E-state index contributed by atoms with van der Waals surface area (Å²) in [6, 6.07) is 66.2. The van der Waals surface area contributed by atoms with Crippen molar-refractivity contribution in [3.05, 3.63) is 188 Å². The summed E-state index contributed by atoms with van der Waals surface area (Å²) >= 11 is 0. The van der Waals surface area contributed by atoms with Crippen molar-refractivity contribution in [3.63, 3.8) is 0 Å². The zero-order chi connectivity index (χ0) is 33.7. The first kappa shape index (κ1) is 29.1. The second kappa shape index (κ2) is 11.9. The SMILES string of the molecule is c1cc(-c2cccc3ccccc23)cc(N(c2ccc(-c3cccc4ccccc34)cc2)c2ccc3c(c2)Oc2cccc4cccc(c24)O3)c1. The lowest BCUT2D eigenvalue weighted by Gasteiger charge is -2.27. The molecule has 3 nitrogen and oxygen atoms in total. The summed E-state index contributed by atoms with van der Waals surface area (Å²) in [6.07, 6.45) is 0. The van der Waals surface area contributed by atoms with Crippen molar-refractivity contribution in [1.29, 1.82) is 0 Å². The van der Waals surface area contributed by atoms with Crippen LogP contribution in [-0.4, -0.2) is 0 Å². The topological polar surface area (TPSA) is 21.7 Å². The third-order valence-corrected chi connectivity index (χ3v) is 9.88. The van der Waals surface area contributed by atoms with Crippen LogP contribution in [0.2, 0.25) is 0 Å². The van der Waals surface area contributed by atoms with Gasteiger partial charge in [-0.2, -0.15) is 0 Å². The van der Waals surface area contributed by atoms with Crippen molar-refractivity contribution < 1.29 is 9.47 Å². The molecular weight excluding hydrogens is 623 g/mol. The number of hydrogen-bond acceptors (Lipinski definition) is 3. The van der Waals surface area contributed by atoms with Gasteiger partial charge in [-0.25, -0.2) is 0 Å². The average Bonchev–Trinajstić information content (AvgIpc) is 3.35. The van der Waals surface area contributed by atoms with E-state index in [1.165, 1.54) is 38.2 Å². The predicted octanol–water partition coefficient (Wildman–Crippen LogP) is 13.8. The second-order valence-electron chi connectivity index (χ2n) is 12.9. The fraction of sp³-hybridized carbons (Fsp3) is 0. The van der Waals surface area contributed by atoms with E-state index in [2.05, 4.69) is 163 Å². The monoisotopic (exact) mass is 653 g/mol. The minimum atomic E-state index is 0.666. The number of nitrogens with zero attached hydrogens (tertiary/aromatic N) is 1. The summed E-state index contributed by atoms with van der Waals surface area (Å²) in [5, 5.41) is 6.98. The molecule has 10 rings (SSSR count). The predicted molar refractivity (Wildman–Crippen MR) is 211 cm³/mol. The number of benzene rings is 9. The van der Waals surface area contributed by atoms with Crippen molar-refractivity contribution in [2.45, 2.75) is 0 Å². The summed E-state index contributed by atoms with van der Waals surface area (Å²) in [6.45, 7) is 0. The van der Waals surface area contributed by atoms with Gasteiger partial charge in [0.2, 0.25) is 0 Å². The van der Waals surface area contributed by atoms with E-state index in [0.29, 0.717) is 11.5 Å². The molecule has 0 bridgehead atoms. The van der Waals surface area contributed by atoms with E-state index < -0.39 is 0 Å². The first-order chi connectivity index (χ1) is 25.3. The van der Waals surface area contributed by atoms with Crippen LogP contribution in [0.15, 0.2) is 188 Å². The van der Waals surface area contributed by atoms with Gasteiger partial charge in [-0.05, 0) is 97.7 Å². The zero-order valence-electron chi connectivity index (χ0n) is 27.7. The molecule has 1 heterocycles. The Hall–Kier alpha value is -6.84. The lowest BCUT2D eigenvalue weighted by atomic mass is 9.97. The van der Waals surface area contributed by atoms with Gasteiger partial charge in [0, 0.05) is 17.4 Å². The number of hydrogen-bond donors (Lipinski definition) is 0. The molecule has 1 aliphatic heterocycles. The Morgan fingerprint density at radius 3 is 1.55 bits per heavy atom. The van der Waals surface area contributed by atoms with Crippen molar-refractivity contribution >= 4 is 49.4 Å². The van der Waals surface area contributed by atoms with E-state index in [1.54, 1.807) is 0 Å². The molecule has 0 atom stereocenters. The van der Waals surface area contributed by atoms with E-state index in [9.17, 15) is 0 Å². The van der Waals surface area contributed by atoms with Crippen LogP contribution in [0.1, 0.15) is 0 Å². The fourth-order valence-electron chi connectivity index (χ4n) is 7.48. The second-order valence-corrected chi connectivity index (χ2v) is 12.9. The minimum Gasteiger partial charge on any atom is -0.453 e. The highest BCUT2D eigenvalue weighted by atomic mass is 16.5. The highest BCUT2D eigenvalue weighted by molar-refractivity contribution is 5.99. The molecule has 3 heteroatoms. The lowest BCUT2D eigenvalue weighted by Crippen LogP contribution is -2.10. The molecule has 0 saturated heterocycles. The number of anilines is 3. The van der Waals surface area contributed by atoms with Crippen LogP contribution in [0, 0.1) is 0 Å². The standard InChI is InChI=1S/C48H31NO2/c1-3-18-40-32(10-1)12-6-20-42(40)34-24-26-37(27-25-34)49(38-17-5-16-36(30-38)43-21-7-13-33-11-2-4-19-41(33)43)39-28-29-44-47(31-39)51-46-23-9-15-35-14-8-22-45(50-44)48(35)46/h1-31H. The molecule has 0 amide bonds. The van der Waals surface area contributed by atoms with E-state index >= 15 is 0 Å². The molecule has 1 aliphatic rings. The van der Waals surface area contributed by atoms with Gasteiger partial charge in [-0.1, -0.05) is 133 Å². The Morgan fingerprint density at radius 2 is 0.843 bits per heavy atom. The Labute approximate surface area is 296 Å². The summed E-state index contributed by atoms with van der Waals surface area (Å²) in [4.78, 5) is 2.30. The summed E-state index contributed by atoms with van der Waals surface area (Å²) in [7, 11) is 0. The molecule has 51 heavy (non-hydrogen) atoms. The molecular formula is C48H31NO2. The molecule has 0 fully saturated rings. The summed E-state index contributed by atoms with van der Waals surface area (Å²) in [5.41, 5.74) is 7.78. The molecule has 0 saturated carbocycles. The molecule has 0 aromatic heterocycles. The van der Waals surface area contributed by atoms with Crippen molar-refractivity contribution in [3.8, 4) is 45.3 Å². The Bertz CT molecular complexity index is 2750. The summed E-state index contributed by atoms with van der Waals surface area (Å²) in [5.74, 6) is 2.92. The van der Waals surface area contributed by atoms with Gasteiger partial charge < -0.3 is 14.4 Å². The quantitative estimate of drug-likeness (QED) is 0.184. The summed E-state index contributed by atoms with van der Waals surface area (Å²) < 4.78 is 13.1. The minimum absolute atomic E-state index is 0.666. The zero-order valence-corrected chi connectivity index (χ0v) is 27.7. The van der Waals surface area contributed by atoms with Gasteiger partial charge in [0.15, 0.2) is 11.5 Å². The number of ether oxygens (including phenoxy) is 2. The molecule has 0 radical (unpaired) electrons. The van der Waals surface area contributed by atoms with Gasteiger partial charge in [-0.3, -0.25) is 0 Å². The van der Waals surface area contributed by atoms with Crippen molar-refractivity contribution in [2.24, 2.45) is 0 Å². The van der Waals surface area contributed by atoms with E-state index in [-0.39, 0.29) is 0 Å². The number of rotatable bonds is 5. The average molecular weight is 654 g/mol. The maximum absolute atomic E-state index is 6.64. The molecule has 0 unspecified atom stereocenters. The van der Waals surface area contributed by atoms with Crippen molar-refractivity contribution in [2.75, 3.05) is 4.90 Å². The van der Waals surface area contributed by atoms with Crippen LogP contribution >= 0.6 is 0 Å². The Morgan fingerprint density at radius 1 is 0.314 bits per heavy atom. The van der Waals surface area contributed by atoms with E-state index in [1.807, 2.05) is 30.3 Å². The molecule has 0 N–H and O–H groups in total. The third-order valence-electron chi connectivity index (χ3n) is 9.88. The highest BCUT2D eigenvalue weighted by Gasteiger charge is 2.22. The van der Waals surface area contributed by atoms with Crippen LogP contribution in [0.5, 0.6) is 23.0 Å². The first-order valence-electron chi connectivity index (χ1n) is 17.2.